The molecule has 2 nitrogen and oxygen atoms in total. The second kappa shape index (κ2) is 4.06. The molecule has 1 aromatic rings. The molecule has 4 heteroatoms. The standard InChI is InChI=1S/C5H4O2S.Na/c6-5(8)4-2-1-3-7-4;/h1-3H,(H,6,8);/q;+1/p-1. The summed E-state index contributed by atoms with van der Waals surface area (Å²) in [5.74, 6) is 0.236. The molecule has 0 aliphatic rings. The summed E-state index contributed by atoms with van der Waals surface area (Å²) in [5.41, 5.74) is 0. The quantitative estimate of drug-likeness (QED) is 0.341. The Labute approximate surface area is 80.3 Å². The Kier molecular flexibility index (Phi) is 4.14. The van der Waals surface area contributed by atoms with Crippen molar-refractivity contribution in [2.24, 2.45) is 0 Å². The summed E-state index contributed by atoms with van der Waals surface area (Å²) in [5, 5.41) is -0.449. The maximum atomic E-state index is 10.2. The summed E-state index contributed by atoms with van der Waals surface area (Å²) in [6.45, 7) is 0. The van der Waals surface area contributed by atoms with Crippen molar-refractivity contribution in [1.29, 1.82) is 0 Å². The average Bonchev–Trinajstić information content (AvgIpc) is 2.12. The van der Waals surface area contributed by atoms with E-state index in [1.165, 1.54) is 12.3 Å². The van der Waals surface area contributed by atoms with Crippen LogP contribution in [0.4, 0.5) is 0 Å². The first-order valence-electron chi connectivity index (χ1n) is 2.05. The number of rotatable bonds is 1. The van der Waals surface area contributed by atoms with E-state index in [9.17, 15) is 4.79 Å². The van der Waals surface area contributed by atoms with E-state index in [0.29, 0.717) is 0 Å². The van der Waals surface area contributed by atoms with Crippen molar-refractivity contribution >= 4 is 17.7 Å². The normalized spacial score (nSPS) is 8.00. The van der Waals surface area contributed by atoms with E-state index in [0.717, 1.165) is 0 Å². The van der Waals surface area contributed by atoms with Crippen molar-refractivity contribution in [2.75, 3.05) is 0 Å². The van der Waals surface area contributed by atoms with Gasteiger partial charge in [-0.15, -0.1) is 0 Å². The van der Waals surface area contributed by atoms with Gasteiger partial charge in [-0.2, -0.15) is 0 Å². The number of carbonyl (C=O) groups excluding carboxylic acids is 1. The van der Waals surface area contributed by atoms with Gasteiger partial charge < -0.3 is 21.8 Å². The number of carbonyl (C=O) groups is 1. The Morgan fingerprint density at radius 2 is 2.33 bits per heavy atom. The van der Waals surface area contributed by atoms with Gasteiger partial charge in [0.05, 0.1) is 11.4 Å². The first-order chi connectivity index (χ1) is 3.80. The molecule has 0 bridgehead atoms. The third-order valence-corrected chi connectivity index (χ3v) is 0.924. The zero-order valence-corrected chi connectivity index (χ0v) is 7.77. The van der Waals surface area contributed by atoms with Gasteiger partial charge in [0.2, 0.25) is 0 Å². The summed E-state index contributed by atoms with van der Waals surface area (Å²) < 4.78 is 4.64. The van der Waals surface area contributed by atoms with Crippen LogP contribution in [0.25, 0.3) is 0 Å². The number of hydrogen-bond acceptors (Lipinski definition) is 3. The fourth-order valence-electron chi connectivity index (χ4n) is 0.395. The van der Waals surface area contributed by atoms with Crippen LogP contribution in [0.5, 0.6) is 0 Å². The SMILES string of the molecule is O=C([S-])c1ccco1.[Na+]. The molecule has 0 atom stereocenters. The van der Waals surface area contributed by atoms with Crippen LogP contribution in [0.3, 0.4) is 0 Å². The molecule has 0 saturated carbocycles. The van der Waals surface area contributed by atoms with Crippen molar-refractivity contribution in [2.45, 2.75) is 0 Å². The molecule has 0 N–H and O–H groups in total. The van der Waals surface area contributed by atoms with Gasteiger partial charge in [0.1, 0.15) is 5.76 Å². The second-order valence-electron chi connectivity index (χ2n) is 1.26. The monoisotopic (exact) mass is 150 g/mol. The molecule has 1 rings (SSSR count). The molecule has 0 fully saturated rings. The van der Waals surface area contributed by atoms with Crippen molar-refractivity contribution in [3.8, 4) is 0 Å². The molecule has 0 radical (unpaired) electrons. The third kappa shape index (κ3) is 2.49. The number of furan rings is 1. The Morgan fingerprint density at radius 1 is 1.67 bits per heavy atom. The Hall–Kier alpha value is 0.170. The van der Waals surface area contributed by atoms with E-state index in [1.54, 1.807) is 6.07 Å². The smallest absolute Gasteiger partial charge is 0.734 e. The molecule has 1 heterocycles. The molecule has 0 aliphatic carbocycles. The Morgan fingerprint density at radius 3 is 2.56 bits per heavy atom. The van der Waals surface area contributed by atoms with Crippen LogP contribution >= 0.6 is 0 Å². The maximum Gasteiger partial charge on any atom is 1.00 e. The fourth-order valence-corrected chi connectivity index (χ4v) is 0.511. The minimum atomic E-state index is -0.449. The molecular weight excluding hydrogens is 147 g/mol. The van der Waals surface area contributed by atoms with Gasteiger partial charge in [-0.1, -0.05) is 0 Å². The van der Waals surface area contributed by atoms with E-state index in [-0.39, 0.29) is 35.3 Å². The van der Waals surface area contributed by atoms with Gasteiger partial charge in [-0.05, 0) is 12.1 Å². The van der Waals surface area contributed by atoms with E-state index >= 15 is 0 Å². The first-order valence-corrected chi connectivity index (χ1v) is 2.46. The van der Waals surface area contributed by atoms with E-state index < -0.39 is 5.12 Å². The van der Waals surface area contributed by atoms with Crippen molar-refractivity contribution in [1.82, 2.24) is 0 Å². The molecule has 0 aliphatic heterocycles. The predicted molar refractivity (Wildman–Crippen MR) is 30.4 cm³/mol. The Bertz CT molecular complexity index is 183. The summed E-state index contributed by atoms with van der Waals surface area (Å²) in [4.78, 5) is 10.2. The van der Waals surface area contributed by atoms with Crippen LogP contribution in [0.1, 0.15) is 10.6 Å². The summed E-state index contributed by atoms with van der Waals surface area (Å²) in [7, 11) is 0. The van der Waals surface area contributed by atoms with Gasteiger partial charge in [-0.3, -0.25) is 0 Å². The van der Waals surface area contributed by atoms with E-state index in [1.807, 2.05) is 0 Å². The minimum absolute atomic E-state index is 0. The van der Waals surface area contributed by atoms with Gasteiger partial charge >= 0.3 is 29.6 Å². The predicted octanol–water partition coefficient (Wildman–Crippen LogP) is -2.03. The molecule has 42 valence electrons. The van der Waals surface area contributed by atoms with Crippen molar-refractivity contribution < 1.29 is 38.8 Å². The molecule has 0 unspecified atom stereocenters. The summed E-state index contributed by atoms with van der Waals surface area (Å²) in [6.07, 6.45) is 1.42. The van der Waals surface area contributed by atoms with Gasteiger partial charge in [-0.25, -0.2) is 0 Å². The van der Waals surface area contributed by atoms with Crippen LogP contribution < -0.4 is 29.6 Å². The van der Waals surface area contributed by atoms with Gasteiger partial charge in [0.25, 0.3) is 0 Å². The van der Waals surface area contributed by atoms with E-state index in [2.05, 4.69) is 17.0 Å². The molecule has 0 saturated heterocycles. The van der Waals surface area contributed by atoms with Crippen LogP contribution in [0, 0.1) is 0 Å². The molecule has 0 spiro atoms. The zero-order chi connectivity index (χ0) is 5.98. The zero-order valence-electron chi connectivity index (χ0n) is 4.96. The maximum absolute atomic E-state index is 10.2. The molecular formula is C5H3NaO2S. The summed E-state index contributed by atoms with van der Waals surface area (Å²) >= 11 is 4.27. The first kappa shape index (κ1) is 9.17. The minimum Gasteiger partial charge on any atom is -0.734 e. The van der Waals surface area contributed by atoms with Crippen molar-refractivity contribution in [3.63, 3.8) is 0 Å². The molecule has 0 aromatic carbocycles. The van der Waals surface area contributed by atoms with Crippen LogP contribution in [-0.2, 0) is 12.6 Å². The summed E-state index contributed by atoms with van der Waals surface area (Å²) in [6, 6.07) is 3.16. The van der Waals surface area contributed by atoms with Crippen LogP contribution in [0.2, 0.25) is 0 Å². The van der Waals surface area contributed by atoms with Crippen molar-refractivity contribution in [3.05, 3.63) is 24.2 Å². The second-order valence-corrected chi connectivity index (χ2v) is 1.64. The topological polar surface area (TPSA) is 30.2 Å². The molecule has 0 amide bonds. The Balaban J connectivity index is 0.000000640. The third-order valence-electron chi connectivity index (χ3n) is 0.722. The fraction of sp³-hybridized carbons (Fsp3) is 0. The number of hydrogen-bond donors (Lipinski definition) is 0. The van der Waals surface area contributed by atoms with Gasteiger partial charge in [0.15, 0.2) is 0 Å². The molecule has 9 heavy (non-hydrogen) atoms. The van der Waals surface area contributed by atoms with Gasteiger partial charge in [0, 0.05) is 0 Å². The average molecular weight is 150 g/mol. The largest absolute Gasteiger partial charge is 1.00 e. The van der Waals surface area contributed by atoms with Crippen LogP contribution in [-0.4, -0.2) is 5.12 Å². The molecule has 1 aromatic heterocycles. The van der Waals surface area contributed by atoms with E-state index in [4.69, 9.17) is 0 Å². The van der Waals surface area contributed by atoms with Crippen LogP contribution in [0.15, 0.2) is 22.8 Å².